The number of hydrogen-bond donors (Lipinski definition) is 2. The van der Waals surface area contributed by atoms with Gasteiger partial charge in [-0.2, -0.15) is 0 Å². The lowest BCUT2D eigenvalue weighted by molar-refractivity contribution is 0.0902. The van der Waals surface area contributed by atoms with Gasteiger partial charge in [0.25, 0.3) is 0 Å². The zero-order valence-electron chi connectivity index (χ0n) is 9.14. The first-order valence-corrected chi connectivity index (χ1v) is 5.22. The molecule has 0 amide bonds. The van der Waals surface area contributed by atoms with Gasteiger partial charge in [0.05, 0.1) is 0 Å². The van der Waals surface area contributed by atoms with E-state index in [2.05, 4.69) is 31.1 Å². The summed E-state index contributed by atoms with van der Waals surface area (Å²) in [6.45, 7) is 7.56. The number of nitrogens with one attached hydrogen (secondary N) is 1. The van der Waals surface area contributed by atoms with Crippen molar-refractivity contribution < 1.29 is 0 Å². The Labute approximate surface area is 81.7 Å². The van der Waals surface area contributed by atoms with E-state index in [1.165, 1.54) is 25.9 Å². The number of piperidine rings is 1. The number of hydrogen-bond acceptors (Lipinski definition) is 3. The van der Waals surface area contributed by atoms with Gasteiger partial charge in [0.2, 0.25) is 0 Å². The predicted octanol–water partition coefficient (Wildman–Crippen LogP) is 0.408. The molecule has 0 bridgehead atoms. The lowest BCUT2D eigenvalue weighted by Crippen LogP contribution is -2.54. The van der Waals surface area contributed by atoms with Gasteiger partial charge in [0.1, 0.15) is 0 Å². The average Bonchev–Trinajstić information content (AvgIpc) is 2.18. The summed E-state index contributed by atoms with van der Waals surface area (Å²) in [4.78, 5) is 2.50. The summed E-state index contributed by atoms with van der Waals surface area (Å²) in [5, 5.41) is 3.34. The number of nitrogens with zero attached hydrogens (tertiary/aromatic N) is 1. The van der Waals surface area contributed by atoms with E-state index in [1.807, 2.05) is 0 Å². The van der Waals surface area contributed by atoms with Crippen LogP contribution >= 0.6 is 0 Å². The summed E-state index contributed by atoms with van der Waals surface area (Å²) in [5.74, 6) is 0. The van der Waals surface area contributed by atoms with Crippen molar-refractivity contribution >= 4 is 0 Å². The van der Waals surface area contributed by atoms with Gasteiger partial charge in [-0.05, 0) is 33.7 Å². The van der Waals surface area contributed by atoms with Crippen molar-refractivity contribution in [2.45, 2.75) is 38.3 Å². The minimum absolute atomic E-state index is 0.179. The van der Waals surface area contributed by atoms with Crippen LogP contribution in [-0.4, -0.2) is 43.2 Å². The summed E-state index contributed by atoms with van der Waals surface area (Å²) in [6, 6.07) is 0.713. The Kier molecular flexibility index (Phi) is 3.71. The number of likely N-dealkylation sites (tertiary alicyclic amines) is 1. The molecular weight excluding hydrogens is 162 g/mol. The van der Waals surface area contributed by atoms with Gasteiger partial charge in [-0.3, -0.25) is 4.90 Å². The van der Waals surface area contributed by atoms with Crippen molar-refractivity contribution in [1.29, 1.82) is 0 Å². The van der Waals surface area contributed by atoms with Crippen LogP contribution in [0.4, 0.5) is 0 Å². The maximum absolute atomic E-state index is 5.75. The van der Waals surface area contributed by atoms with E-state index in [-0.39, 0.29) is 5.54 Å². The molecule has 1 saturated heterocycles. The van der Waals surface area contributed by atoms with E-state index in [0.717, 1.165) is 6.54 Å². The largest absolute Gasteiger partial charge is 0.329 e. The molecule has 0 aliphatic carbocycles. The van der Waals surface area contributed by atoms with Gasteiger partial charge < -0.3 is 11.1 Å². The van der Waals surface area contributed by atoms with E-state index in [0.29, 0.717) is 6.04 Å². The lowest BCUT2D eigenvalue weighted by atomic mass is 9.97. The summed E-state index contributed by atoms with van der Waals surface area (Å²) >= 11 is 0. The first kappa shape index (κ1) is 11.0. The Morgan fingerprint density at radius 3 is 2.31 bits per heavy atom. The maximum atomic E-state index is 5.75. The molecule has 3 nitrogen and oxygen atoms in total. The Morgan fingerprint density at radius 2 is 1.92 bits per heavy atom. The van der Waals surface area contributed by atoms with Crippen LogP contribution in [0.15, 0.2) is 0 Å². The van der Waals surface area contributed by atoms with Crippen LogP contribution < -0.4 is 11.1 Å². The Morgan fingerprint density at radius 1 is 1.38 bits per heavy atom. The highest BCUT2D eigenvalue weighted by atomic mass is 15.2. The quantitative estimate of drug-likeness (QED) is 0.669. The minimum atomic E-state index is 0.179. The standard InChI is InChI=1S/C10H23N3/c1-10(2,8-11)13-6-4-9(12-3)5-7-13/h9,12H,4-8,11H2,1-3H3. The number of nitrogens with two attached hydrogens (primary N) is 1. The fraction of sp³-hybridized carbons (Fsp3) is 1.00. The van der Waals surface area contributed by atoms with Gasteiger partial charge in [-0.1, -0.05) is 0 Å². The van der Waals surface area contributed by atoms with E-state index >= 15 is 0 Å². The van der Waals surface area contributed by atoms with E-state index < -0.39 is 0 Å². The van der Waals surface area contributed by atoms with Crippen molar-refractivity contribution in [1.82, 2.24) is 10.2 Å². The predicted molar refractivity (Wildman–Crippen MR) is 56.8 cm³/mol. The molecule has 3 heteroatoms. The molecule has 0 radical (unpaired) electrons. The number of rotatable bonds is 3. The van der Waals surface area contributed by atoms with E-state index in [9.17, 15) is 0 Å². The highest BCUT2D eigenvalue weighted by Gasteiger charge is 2.28. The summed E-state index contributed by atoms with van der Waals surface area (Å²) in [5.41, 5.74) is 5.93. The van der Waals surface area contributed by atoms with Crippen LogP contribution in [0, 0.1) is 0 Å². The molecule has 3 N–H and O–H groups in total. The van der Waals surface area contributed by atoms with Crippen molar-refractivity contribution in [2.75, 3.05) is 26.7 Å². The highest BCUT2D eigenvalue weighted by Crippen LogP contribution is 2.19. The smallest absolute Gasteiger partial charge is 0.0275 e. The average molecular weight is 185 g/mol. The van der Waals surface area contributed by atoms with Crippen molar-refractivity contribution in [2.24, 2.45) is 5.73 Å². The molecule has 0 aromatic carbocycles. The van der Waals surface area contributed by atoms with Gasteiger partial charge in [0, 0.05) is 31.2 Å². The second-order valence-corrected chi connectivity index (χ2v) is 4.57. The van der Waals surface area contributed by atoms with Crippen molar-refractivity contribution in [3.63, 3.8) is 0 Å². The second-order valence-electron chi connectivity index (χ2n) is 4.57. The van der Waals surface area contributed by atoms with Crippen LogP contribution in [0.2, 0.25) is 0 Å². The molecule has 0 spiro atoms. The van der Waals surface area contributed by atoms with Crippen LogP contribution in [0.1, 0.15) is 26.7 Å². The zero-order chi connectivity index (χ0) is 9.90. The summed E-state index contributed by atoms with van der Waals surface area (Å²) in [6.07, 6.45) is 2.50. The van der Waals surface area contributed by atoms with Gasteiger partial charge in [-0.25, -0.2) is 0 Å². The van der Waals surface area contributed by atoms with Gasteiger partial charge in [-0.15, -0.1) is 0 Å². The molecule has 1 aliphatic rings. The van der Waals surface area contributed by atoms with E-state index in [1.54, 1.807) is 0 Å². The van der Waals surface area contributed by atoms with Crippen LogP contribution in [-0.2, 0) is 0 Å². The van der Waals surface area contributed by atoms with Gasteiger partial charge in [0.15, 0.2) is 0 Å². The third kappa shape index (κ3) is 2.66. The summed E-state index contributed by atoms with van der Waals surface area (Å²) < 4.78 is 0. The minimum Gasteiger partial charge on any atom is -0.329 e. The molecule has 78 valence electrons. The van der Waals surface area contributed by atoms with E-state index in [4.69, 9.17) is 5.73 Å². The molecule has 0 saturated carbocycles. The second kappa shape index (κ2) is 4.40. The highest BCUT2D eigenvalue weighted by molar-refractivity contribution is 4.87. The SMILES string of the molecule is CNC1CCN(C(C)(C)CN)CC1. The van der Waals surface area contributed by atoms with Crippen LogP contribution in [0.25, 0.3) is 0 Å². The monoisotopic (exact) mass is 185 g/mol. The Balaban J connectivity index is 2.40. The normalized spacial score (nSPS) is 22.2. The molecule has 1 fully saturated rings. The zero-order valence-corrected chi connectivity index (χ0v) is 9.14. The van der Waals surface area contributed by atoms with Crippen LogP contribution in [0.5, 0.6) is 0 Å². The molecule has 13 heavy (non-hydrogen) atoms. The molecule has 0 unspecified atom stereocenters. The first-order valence-electron chi connectivity index (χ1n) is 5.22. The molecular formula is C10H23N3. The molecule has 0 aromatic heterocycles. The topological polar surface area (TPSA) is 41.3 Å². The van der Waals surface area contributed by atoms with Crippen LogP contribution in [0.3, 0.4) is 0 Å². The molecule has 0 atom stereocenters. The van der Waals surface area contributed by atoms with Gasteiger partial charge >= 0.3 is 0 Å². The lowest BCUT2D eigenvalue weighted by Gasteiger charge is -2.42. The first-order chi connectivity index (χ1) is 6.10. The Hall–Kier alpha value is -0.120. The molecule has 1 rings (SSSR count). The molecule has 0 aromatic rings. The van der Waals surface area contributed by atoms with Crippen molar-refractivity contribution in [3.8, 4) is 0 Å². The van der Waals surface area contributed by atoms with Crippen molar-refractivity contribution in [3.05, 3.63) is 0 Å². The third-order valence-corrected chi connectivity index (χ3v) is 3.26. The fourth-order valence-electron chi connectivity index (χ4n) is 1.90. The Bertz CT molecular complexity index is 148. The fourth-order valence-corrected chi connectivity index (χ4v) is 1.90. The third-order valence-electron chi connectivity index (χ3n) is 3.26. The molecule has 1 aliphatic heterocycles. The maximum Gasteiger partial charge on any atom is 0.0275 e. The summed E-state index contributed by atoms with van der Waals surface area (Å²) in [7, 11) is 2.05. The molecule has 1 heterocycles.